The number of hydrogen-bond acceptors (Lipinski definition) is 5. The van der Waals surface area contributed by atoms with Gasteiger partial charge in [-0.15, -0.1) is 0 Å². The van der Waals surface area contributed by atoms with Gasteiger partial charge in [-0.1, -0.05) is 6.92 Å². The van der Waals surface area contributed by atoms with E-state index in [4.69, 9.17) is 9.84 Å². The number of hydrogen-bond donors (Lipinski definition) is 2. The normalized spacial score (nSPS) is 12.1. The molecule has 0 aliphatic rings. The molecule has 0 aromatic carbocycles. The van der Waals surface area contributed by atoms with Crippen LogP contribution >= 0.6 is 0 Å². The fourth-order valence-electron chi connectivity index (χ4n) is 1.19. The second-order valence-electron chi connectivity index (χ2n) is 3.49. The summed E-state index contributed by atoms with van der Waals surface area (Å²) in [7, 11) is 1.39. The molecule has 1 heterocycles. The van der Waals surface area contributed by atoms with Crippen LogP contribution in [-0.2, 0) is 14.3 Å². The highest BCUT2D eigenvalue weighted by molar-refractivity contribution is 5.93. The van der Waals surface area contributed by atoms with Crippen LogP contribution < -0.4 is 4.90 Å². The van der Waals surface area contributed by atoms with Crippen molar-refractivity contribution in [3.63, 3.8) is 0 Å². The fourth-order valence-corrected chi connectivity index (χ4v) is 1.19. The summed E-state index contributed by atoms with van der Waals surface area (Å²) < 4.78 is 4.72. The van der Waals surface area contributed by atoms with Gasteiger partial charge in [-0.3, -0.25) is 14.5 Å². The third kappa shape index (κ3) is 3.52. The van der Waals surface area contributed by atoms with E-state index in [9.17, 15) is 9.59 Å². The number of carboxylic acid groups (broad SMARTS) is 1. The van der Waals surface area contributed by atoms with Crippen LogP contribution in [0.2, 0.25) is 0 Å². The minimum Gasteiger partial charge on any atom is -0.481 e. The molecule has 0 fully saturated rings. The average molecular weight is 242 g/mol. The van der Waals surface area contributed by atoms with Crippen LogP contribution in [0.1, 0.15) is 6.92 Å². The van der Waals surface area contributed by atoms with Crippen LogP contribution in [0.5, 0.6) is 0 Å². The number of H-pyrrole nitrogens is 1. The zero-order chi connectivity index (χ0) is 12.8. The Balaban J connectivity index is 2.80. The quantitative estimate of drug-likeness (QED) is 0.696. The van der Waals surface area contributed by atoms with E-state index in [0.29, 0.717) is 0 Å². The van der Waals surface area contributed by atoms with Crippen molar-refractivity contribution in [2.75, 3.05) is 25.2 Å². The van der Waals surface area contributed by atoms with Gasteiger partial charge in [0.05, 0.1) is 5.92 Å². The summed E-state index contributed by atoms with van der Waals surface area (Å²) in [6.45, 7) is 1.37. The SMILES string of the molecule is COCC(=O)N(CC(C)C(=O)O)c1ncn[nH]1. The molecule has 0 aliphatic heterocycles. The molecule has 17 heavy (non-hydrogen) atoms. The molecule has 1 amide bonds. The molecule has 1 unspecified atom stereocenters. The number of methoxy groups -OCH3 is 1. The Labute approximate surface area is 97.6 Å². The monoisotopic (exact) mass is 242 g/mol. The summed E-state index contributed by atoms with van der Waals surface area (Å²) in [4.78, 5) is 27.5. The highest BCUT2D eigenvalue weighted by Crippen LogP contribution is 2.09. The summed E-state index contributed by atoms with van der Waals surface area (Å²) in [6, 6.07) is 0. The topological polar surface area (TPSA) is 108 Å². The predicted molar refractivity (Wildman–Crippen MR) is 57.4 cm³/mol. The van der Waals surface area contributed by atoms with Gasteiger partial charge < -0.3 is 9.84 Å². The number of amides is 1. The highest BCUT2D eigenvalue weighted by atomic mass is 16.5. The van der Waals surface area contributed by atoms with E-state index in [2.05, 4.69) is 15.2 Å². The molecular weight excluding hydrogens is 228 g/mol. The lowest BCUT2D eigenvalue weighted by Gasteiger charge is -2.21. The van der Waals surface area contributed by atoms with Crippen LogP contribution in [0.15, 0.2) is 6.33 Å². The Morgan fingerprint density at radius 1 is 1.65 bits per heavy atom. The fraction of sp³-hybridized carbons (Fsp3) is 0.556. The van der Waals surface area contributed by atoms with E-state index < -0.39 is 11.9 Å². The van der Waals surface area contributed by atoms with Gasteiger partial charge in [0.2, 0.25) is 5.95 Å². The lowest BCUT2D eigenvalue weighted by molar-refractivity contribution is -0.140. The second kappa shape index (κ2) is 5.94. The van der Waals surface area contributed by atoms with Gasteiger partial charge in [0.15, 0.2) is 0 Å². The van der Waals surface area contributed by atoms with Crippen molar-refractivity contribution >= 4 is 17.8 Å². The Hall–Kier alpha value is -1.96. The van der Waals surface area contributed by atoms with Crippen LogP contribution in [0.3, 0.4) is 0 Å². The molecule has 2 N–H and O–H groups in total. The molecule has 1 aromatic rings. The smallest absolute Gasteiger partial charge is 0.308 e. The van der Waals surface area contributed by atoms with E-state index in [1.54, 1.807) is 0 Å². The first-order valence-corrected chi connectivity index (χ1v) is 4.93. The van der Waals surface area contributed by atoms with E-state index in [-0.39, 0.29) is 25.0 Å². The minimum atomic E-state index is -0.986. The summed E-state index contributed by atoms with van der Waals surface area (Å²) in [5.74, 6) is -1.86. The molecule has 1 atom stereocenters. The van der Waals surface area contributed by atoms with Crippen LogP contribution in [0.4, 0.5) is 5.95 Å². The Bertz CT molecular complexity index is 378. The van der Waals surface area contributed by atoms with Gasteiger partial charge in [-0.05, 0) is 0 Å². The summed E-state index contributed by atoms with van der Waals surface area (Å²) in [5.41, 5.74) is 0. The maximum Gasteiger partial charge on any atom is 0.308 e. The molecule has 1 rings (SSSR count). The van der Waals surface area contributed by atoms with Crippen molar-refractivity contribution in [2.45, 2.75) is 6.92 Å². The van der Waals surface area contributed by atoms with Gasteiger partial charge in [-0.25, -0.2) is 5.10 Å². The van der Waals surface area contributed by atoms with Crippen molar-refractivity contribution in [2.24, 2.45) is 5.92 Å². The van der Waals surface area contributed by atoms with Gasteiger partial charge in [0.1, 0.15) is 12.9 Å². The van der Waals surface area contributed by atoms with Crippen molar-refractivity contribution in [3.8, 4) is 0 Å². The lowest BCUT2D eigenvalue weighted by Crippen LogP contribution is -2.39. The Morgan fingerprint density at radius 3 is 2.82 bits per heavy atom. The predicted octanol–water partition coefficient (Wildman–Crippen LogP) is -0.495. The summed E-state index contributed by atoms with van der Waals surface area (Å²) in [6.07, 6.45) is 1.24. The maximum atomic E-state index is 11.7. The third-order valence-corrected chi connectivity index (χ3v) is 2.10. The summed E-state index contributed by atoms with van der Waals surface area (Å²) >= 11 is 0. The molecule has 0 aliphatic carbocycles. The third-order valence-electron chi connectivity index (χ3n) is 2.10. The number of ether oxygens (including phenoxy) is 1. The molecule has 0 bridgehead atoms. The maximum absolute atomic E-state index is 11.7. The zero-order valence-electron chi connectivity index (χ0n) is 9.58. The number of nitrogens with one attached hydrogen (secondary N) is 1. The zero-order valence-corrected chi connectivity index (χ0v) is 9.58. The lowest BCUT2D eigenvalue weighted by atomic mass is 10.2. The minimum absolute atomic E-state index is 0.00667. The molecule has 0 spiro atoms. The van der Waals surface area contributed by atoms with E-state index in [0.717, 1.165) is 0 Å². The number of anilines is 1. The van der Waals surface area contributed by atoms with Gasteiger partial charge in [-0.2, -0.15) is 10.1 Å². The molecular formula is C9H14N4O4. The molecule has 0 saturated carbocycles. The van der Waals surface area contributed by atoms with Crippen molar-refractivity contribution in [1.29, 1.82) is 0 Å². The number of carbonyl (C=O) groups excluding carboxylic acids is 1. The van der Waals surface area contributed by atoms with E-state index in [1.165, 1.54) is 25.3 Å². The first-order valence-electron chi connectivity index (χ1n) is 4.93. The van der Waals surface area contributed by atoms with E-state index >= 15 is 0 Å². The number of rotatable bonds is 6. The molecule has 0 saturated heterocycles. The molecule has 8 heteroatoms. The van der Waals surface area contributed by atoms with Crippen molar-refractivity contribution in [3.05, 3.63) is 6.33 Å². The molecule has 0 radical (unpaired) electrons. The second-order valence-corrected chi connectivity index (χ2v) is 3.49. The average Bonchev–Trinajstić information content (AvgIpc) is 2.78. The first kappa shape index (κ1) is 13.1. The highest BCUT2D eigenvalue weighted by Gasteiger charge is 2.23. The van der Waals surface area contributed by atoms with Crippen LogP contribution in [0, 0.1) is 5.92 Å². The standard InChI is InChI=1S/C9H14N4O4/c1-6(8(15)16)3-13(7(14)4-17-2)9-10-5-11-12-9/h5-6H,3-4H2,1-2H3,(H,15,16)(H,10,11,12). The van der Waals surface area contributed by atoms with Crippen LogP contribution in [0.25, 0.3) is 0 Å². The van der Waals surface area contributed by atoms with Gasteiger partial charge in [0.25, 0.3) is 5.91 Å². The van der Waals surface area contributed by atoms with Crippen molar-refractivity contribution in [1.82, 2.24) is 15.2 Å². The van der Waals surface area contributed by atoms with E-state index in [1.807, 2.05) is 0 Å². The van der Waals surface area contributed by atoms with Crippen molar-refractivity contribution < 1.29 is 19.4 Å². The molecule has 8 nitrogen and oxygen atoms in total. The Morgan fingerprint density at radius 2 is 2.35 bits per heavy atom. The van der Waals surface area contributed by atoms with Crippen LogP contribution in [-0.4, -0.2) is 52.4 Å². The molecule has 94 valence electrons. The number of aliphatic carboxylic acids is 1. The first-order chi connectivity index (χ1) is 8.06. The number of aromatic amines is 1. The number of nitrogens with zero attached hydrogens (tertiary/aromatic N) is 3. The number of aromatic nitrogens is 3. The Kier molecular flexibility index (Phi) is 4.58. The van der Waals surface area contributed by atoms with Gasteiger partial charge in [0, 0.05) is 13.7 Å². The van der Waals surface area contributed by atoms with Gasteiger partial charge >= 0.3 is 5.97 Å². The summed E-state index contributed by atoms with van der Waals surface area (Å²) in [5, 5.41) is 15.0. The number of carbonyl (C=O) groups is 2. The number of carboxylic acids is 1. The molecule has 1 aromatic heterocycles. The largest absolute Gasteiger partial charge is 0.481 e.